The summed E-state index contributed by atoms with van der Waals surface area (Å²) in [5.74, 6) is 1.86. The van der Waals surface area contributed by atoms with Gasteiger partial charge in [0, 0.05) is 55.0 Å². The van der Waals surface area contributed by atoms with Gasteiger partial charge in [-0.1, -0.05) is 181 Å². The maximum atomic E-state index is 14.4. The van der Waals surface area contributed by atoms with E-state index >= 15 is 0 Å². The third kappa shape index (κ3) is 67.2. The molecule has 4 aromatic rings. The standard InChI is InChI=1S/C103H178N2O28/c1-7-13-15-17-19-21-23-25-27-29-31-33-35-37-43-132-102-98(128-81-77-124-73-69-120-65-61-116-57-53-112-49-45-108-9-3)85-90(86-99(102)129-82-78-125-74-70-121-66-62-117-58-54-113-50-46-109-10-4)92-39-41-94(104-92)96(106)89-97(107)95-42-40-93(105-95)91-87-100(130-83-79-126-75-71-122-67-63-118-59-55-114-51-47-110-11-5)103(133-44-38-36-34-32-30-28-26-24-22-20-18-16-14-8-2)101(88-91)131-84-80-127-76-72-123-68-64-119-60-56-115-52-48-111-12-6/h39-42,85-89,104-106H,7-38,43-84H2,1-6H3/b96-89-. The van der Waals surface area contributed by atoms with E-state index in [1.54, 1.807) is 12.1 Å². The molecule has 0 saturated heterocycles. The number of rotatable bonds is 105. The first kappa shape index (κ1) is 120. The number of hydrogen-bond donors (Lipinski definition) is 3. The van der Waals surface area contributed by atoms with Crippen LogP contribution in [0.1, 0.15) is 238 Å². The number of aliphatic hydroxyl groups is 1. The average molecular weight is 1890 g/mol. The van der Waals surface area contributed by atoms with Gasteiger partial charge in [-0.05, 0) is 89.1 Å². The number of aromatic amines is 2. The molecule has 0 bridgehead atoms. The van der Waals surface area contributed by atoms with Crippen molar-refractivity contribution in [2.75, 3.05) is 304 Å². The lowest BCUT2D eigenvalue weighted by Gasteiger charge is -2.19. The molecule has 0 aliphatic carbocycles. The Labute approximate surface area is 799 Å². The second-order valence-corrected chi connectivity index (χ2v) is 31.9. The van der Waals surface area contributed by atoms with Gasteiger partial charge in [0.15, 0.2) is 23.0 Å². The van der Waals surface area contributed by atoms with Crippen molar-refractivity contribution in [3.8, 4) is 57.0 Å². The first-order valence-corrected chi connectivity index (χ1v) is 50.9. The Balaban J connectivity index is 1.58. The number of hydrogen-bond acceptors (Lipinski definition) is 28. The number of ether oxygens (including phenoxy) is 26. The average Bonchev–Trinajstić information content (AvgIpc) is 1.75. The molecule has 2 heterocycles. The van der Waals surface area contributed by atoms with Gasteiger partial charge in [0.05, 0.1) is 262 Å². The van der Waals surface area contributed by atoms with Crippen LogP contribution >= 0.6 is 0 Å². The van der Waals surface area contributed by atoms with Crippen molar-refractivity contribution in [3.05, 3.63) is 66.0 Å². The second-order valence-electron chi connectivity index (χ2n) is 31.9. The number of nitrogens with one attached hydrogen (secondary N) is 2. The van der Waals surface area contributed by atoms with E-state index in [4.69, 9.17) is 123 Å². The van der Waals surface area contributed by atoms with Crippen molar-refractivity contribution in [1.82, 2.24) is 9.97 Å². The molecule has 4 rings (SSSR count). The second kappa shape index (κ2) is 91.3. The number of aliphatic hydroxyl groups excluding tert-OH is 1. The summed E-state index contributed by atoms with van der Waals surface area (Å²) in [6, 6.07) is 14.5. The van der Waals surface area contributed by atoms with Crippen LogP contribution in [0.5, 0.6) is 34.5 Å². The van der Waals surface area contributed by atoms with E-state index in [9.17, 15) is 9.90 Å². The third-order valence-corrected chi connectivity index (χ3v) is 21.0. The smallest absolute Gasteiger partial charge is 0.205 e. The van der Waals surface area contributed by atoms with Gasteiger partial charge in [0.2, 0.25) is 17.3 Å². The molecule has 0 aliphatic rings. The van der Waals surface area contributed by atoms with Crippen molar-refractivity contribution < 1.29 is 133 Å². The van der Waals surface area contributed by atoms with E-state index in [0.717, 1.165) is 38.5 Å². The van der Waals surface area contributed by atoms with Gasteiger partial charge < -0.3 is 138 Å². The first-order chi connectivity index (χ1) is 65.9. The molecule has 30 nitrogen and oxygen atoms in total. The number of unbranched alkanes of at least 4 members (excludes halogenated alkanes) is 26. The Morgan fingerprint density at radius 1 is 0.226 bits per heavy atom. The molecule has 0 spiro atoms. The summed E-state index contributed by atoms with van der Waals surface area (Å²) < 4.78 is 153. The molecule has 2 aromatic heterocycles. The monoisotopic (exact) mass is 1890 g/mol. The Hall–Kier alpha value is -5.79. The Bertz CT molecular complexity index is 3120. The molecule has 0 saturated carbocycles. The Morgan fingerprint density at radius 2 is 0.414 bits per heavy atom. The third-order valence-electron chi connectivity index (χ3n) is 21.0. The molecule has 133 heavy (non-hydrogen) atoms. The van der Waals surface area contributed by atoms with E-state index in [1.807, 2.05) is 64.1 Å². The molecule has 0 fully saturated rings. The molecule has 0 atom stereocenters. The number of H-pyrrole nitrogens is 2. The molecule has 30 heteroatoms. The van der Waals surface area contributed by atoms with Crippen LogP contribution in [0, 0.1) is 0 Å². The maximum absolute atomic E-state index is 14.4. The van der Waals surface area contributed by atoms with E-state index in [1.165, 1.54) is 147 Å². The topological polar surface area (TPSA) is 309 Å². The van der Waals surface area contributed by atoms with Gasteiger partial charge in [-0.3, -0.25) is 4.79 Å². The fraction of sp³-hybridized carbons (Fsp3) is 0.777. The van der Waals surface area contributed by atoms with Crippen LogP contribution in [0.25, 0.3) is 28.3 Å². The summed E-state index contributed by atoms with van der Waals surface area (Å²) in [6.45, 7) is 32.1. The van der Waals surface area contributed by atoms with Crippen molar-refractivity contribution in [2.24, 2.45) is 0 Å². The molecule has 0 amide bonds. The molecule has 2 aromatic carbocycles. The van der Waals surface area contributed by atoms with Crippen LogP contribution in [0.4, 0.5) is 0 Å². The molecule has 0 radical (unpaired) electrons. The lowest BCUT2D eigenvalue weighted by molar-refractivity contribution is -0.0122. The van der Waals surface area contributed by atoms with Gasteiger partial charge in [-0.15, -0.1) is 0 Å². The summed E-state index contributed by atoms with van der Waals surface area (Å²) in [7, 11) is 0. The highest BCUT2D eigenvalue weighted by Crippen LogP contribution is 2.44. The fourth-order valence-corrected chi connectivity index (χ4v) is 13.8. The van der Waals surface area contributed by atoms with Gasteiger partial charge in [0.25, 0.3) is 0 Å². The predicted molar refractivity (Wildman–Crippen MR) is 520 cm³/mol. The van der Waals surface area contributed by atoms with Crippen LogP contribution in [-0.4, -0.2) is 325 Å². The largest absolute Gasteiger partial charge is 0.506 e. The van der Waals surface area contributed by atoms with Crippen LogP contribution in [0.2, 0.25) is 0 Å². The number of ketones is 1. The molecular formula is C103H178N2O28. The maximum Gasteiger partial charge on any atom is 0.205 e. The number of aromatic nitrogens is 2. The van der Waals surface area contributed by atoms with E-state index in [2.05, 4.69) is 23.8 Å². The highest BCUT2D eigenvalue weighted by Gasteiger charge is 2.22. The van der Waals surface area contributed by atoms with Gasteiger partial charge in [-0.2, -0.15) is 0 Å². The van der Waals surface area contributed by atoms with E-state index < -0.39 is 5.78 Å². The molecular weight excluding hydrogens is 1710 g/mol. The van der Waals surface area contributed by atoms with Gasteiger partial charge in [0.1, 0.15) is 32.2 Å². The number of allylic oxidation sites excluding steroid dienone is 1. The number of benzene rings is 2. The Morgan fingerprint density at radius 3 is 0.632 bits per heavy atom. The number of carbonyl (C=O) groups is 1. The van der Waals surface area contributed by atoms with Crippen LogP contribution in [-0.2, 0) is 94.7 Å². The zero-order valence-electron chi connectivity index (χ0n) is 83.0. The van der Waals surface area contributed by atoms with Crippen LogP contribution in [0.3, 0.4) is 0 Å². The van der Waals surface area contributed by atoms with E-state index in [0.29, 0.717) is 314 Å². The minimum atomic E-state index is -0.477. The highest BCUT2D eigenvalue weighted by molar-refractivity contribution is 6.07. The SMILES string of the molecule is CCCCCCCCCCCCCCCCOc1c(OCCOCCOCCOCCOCCOCC)cc(-c2ccc(C(=O)/C=C(\O)c3ccc(-c4cc(OCCOCCOCCOCCOCCOCC)c(OCCCCCCCCCCCCCCCC)c(OCCOCCOCCOCCOCCOCC)c4)[nH]3)[nH]2)cc1OCCOCCOCCOCCOCCOCC. The fourth-order valence-electron chi connectivity index (χ4n) is 13.8. The van der Waals surface area contributed by atoms with Crippen molar-refractivity contribution in [2.45, 2.75) is 221 Å². The minimum absolute atomic E-state index is 0.181. The van der Waals surface area contributed by atoms with Crippen molar-refractivity contribution in [3.63, 3.8) is 0 Å². The van der Waals surface area contributed by atoms with E-state index in [-0.39, 0.29) is 64.3 Å². The quantitative estimate of drug-likeness (QED) is 0.0160. The molecule has 3 N–H and O–H groups in total. The lowest BCUT2D eigenvalue weighted by Crippen LogP contribution is -2.15. The first-order valence-electron chi connectivity index (χ1n) is 50.9. The van der Waals surface area contributed by atoms with Crippen molar-refractivity contribution in [1.29, 1.82) is 0 Å². The summed E-state index contributed by atoms with van der Waals surface area (Å²) in [5.41, 5.74) is 3.02. The summed E-state index contributed by atoms with van der Waals surface area (Å²) in [6.07, 6.45) is 35.9. The molecule has 0 aliphatic heterocycles. The normalized spacial score (nSPS) is 11.8. The zero-order chi connectivity index (χ0) is 94.6. The minimum Gasteiger partial charge on any atom is -0.506 e. The van der Waals surface area contributed by atoms with Gasteiger partial charge >= 0.3 is 0 Å². The summed E-state index contributed by atoms with van der Waals surface area (Å²) in [5, 5.41) is 11.9. The van der Waals surface area contributed by atoms with Crippen LogP contribution in [0.15, 0.2) is 54.6 Å². The van der Waals surface area contributed by atoms with Crippen LogP contribution < -0.4 is 28.4 Å². The predicted octanol–water partition coefficient (Wildman–Crippen LogP) is 19.1. The molecule has 768 valence electrons. The lowest BCUT2D eigenvalue weighted by atomic mass is 10.0. The van der Waals surface area contributed by atoms with Gasteiger partial charge in [-0.25, -0.2) is 0 Å². The highest BCUT2D eigenvalue weighted by atomic mass is 16.6. The number of carbonyl (C=O) groups excluding carboxylic acids is 1. The summed E-state index contributed by atoms with van der Waals surface area (Å²) in [4.78, 5) is 21.1. The molecule has 0 unspecified atom stereocenters. The summed E-state index contributed by atoms with van der Waals surface area (Å²) >= 11 is 0. The van der Waals surface area contributed by atoms with Crippen molar-refractivity contribution >= 4 is 11.5 Å². The Kier molecular flexibility index (Phi) is 82.0. The zero-order valence-corrected chi connectivity index (χ0v) is 83.0.